The predicted molar refractivity (Wildman–Crippen MR) is 88.9 cm³/mol. The van der Waals surface area contributed by atoms with E-state index in [1.54, 1.807) is 0 Å². The van der Waals surface area contributed by atoms with Gasteiger partial charge in [-0.25, -0.2) is 4.79 Å². The number of rotatable bonds is 5. The Labute approximate surface area is 132 Å². The van der Waals surface area contributed by atoms with Crippen LogP contribution in [0, 0.1) is 13.8 Å². The first-order valence-electron chi connectivity index (χ1n) is 7.52. The molecule has 0 aliphatic carbocycles. The van der Waals surface area contributed by atoms with Crippen molar-refractivity contribution in [1.29, 1.82) is 0 Å². The van der Waals surface area contributed by atoms with Crippen molar-refractivity contribution in [2.24, 2.45) is 5.73 Å². The van der Waals surface area contributed by atoms with Gasteiger partial charge in [0.05, 0.1) is 6.54 Å². The first-order chi connectivity index (χ1) is 10.1. The van der Waals surface area contributed by atoms with Gasteiger partial charge < -0.3 is 16.4 Å². The summed E-state index contributed by atoms with van der Waals surface area (Å²) < 4.78 is 0. The van der Waals surface area contributed by atoms with E-state index in [0.29, 0.717) is 6.54 Å². The molecular weight excluding hydrogens is 278 g/mol. The number of nitrogens with one attached hydrogen (secondary N) is 2. The van der Waals surface area contributed by atoms with Gasteiger partial charge in [0.2, 0.25) is 5.91 Å². The number of amides is 3. The zero-order chi connectivity index (χ0) is 16.9. The number of primary amides is 1. The summed E-state index contributed by atoms with van der Waals surface area (Å²) in [5, 5.41) is 5.04. The van der Waals surface area contributed by atoms with E-state index < -0.39 is 6.03 Å². The molecule has 5 nitrogen and oxygen atoms in total. The van der Waals surface area contributed by atoms with E-state index in [2.05, 4.69) is 57.4 Å². The van der Waals surface area contributed by atoms with Crippen molar-refractivity contribution >= 4 is 11.9 Å². The minimum atomic E-state index is -0.695. The Bertz CT molecular complexity index is 537. The highest BCUT2D eigenvalue weighted by Crippen LogP contribution is 2.26. The molecule has 0 aromatic heterocycles. The molecule has 0 fully saturated rings. The molecule has 0 saturated heterocycles. The third-order valence-corrected chi connectivity index (χ3v) is 3.68. The van der Waals surface area contributed by atoms with Crippen molar-refractivity contribution in [3.8, 4) is 0 Å². The fraction of sp³-hybridized carbons (Fsp3) is 0.529. The molecule has 0 aliphatic rings. The second-order valence-corrected chi connectivity index (χ2v) is 6.66. The van der Waals surface area contributed by atoms with E-state index >= 15 is 0 Å². The van der Waals surface area contributed by atoms with Gasteiger partial charge in [-0.1, -0.05) is 32.9 Å². The maximum absolute atomic E-state index is 11.5. The number of benzene rings is 1. The fourth-order valence-corrected chi connectivity index (χ4v) is 2.38. The number of nitrogens with two attached hydrogens (primary N) is 1. The van der Waals surface area contributed by atoms with Crippen LogP contribution in [0.2, 0.25) is 0 Å². The Kier molecular flexibility index (Phi) is 5.97. The van der Waals surface area contributed by atoms with Gasteiger partial charge in [-0.3, -0.25) is 4.79 Å². The number of aryl methyl sites for hydroxylation is 2. The molecular formula is C17H27N3O2. The van der Waals surface area contributed by atoms with E-state index in [-0.39, 0.29) is 17.9 Å². The Morgan fingerprint density at radius 3 is 2.09 bits per heavy atom. The lowest BCUT2D eigenvalue weighted by molar-refractivity contribution is -0.120. The molecule has 1 aromatic rings. The molecule has 1 rings (SSSR count). The monoisotopic (exact) mass is 305 g/mol. The average Bonchev–Trinajstić information content (AvgIpc) is 2.38. The van der Waals surface area contributed by atoms with Crippen molar-refractivity contribution < 1.29 is 9.59 Å². The molecule has 0 saturated carbocycles. The molecule has 0 unspecified atom stereocenters. The zero-order valence-electron chi connectivity index (χ0n) is 14.2. The van der Waals surface area contributed by atoms with Crippen LogP contribution in [0.25, 0.3) is 0 Å². The average molecular weight is 305 g/mol. The summed E-state index contributed by atoms with van der Waals surface area (Å²) >= 11 is 0. The van der Waals surface area contributed by atoms with Crippen molar-refractivity contribution in [1.82, 2.24) is 10.6 Å². The molecule has 4 N–H and O–H groups in total. The molecule has 0 radical (unpaired) electrons. The van der Waals surface area contributed by atoms with Crippen LogP contribution in [-0.2, 0) is 16.6 Å². The van der Waals surface area contributed by atoms with Crippen LogP contribution in [0.15, 0.2) is 12.1 Å². The second-order valence-electron chi connectivity index (χ2n) is 6.66. The summed E-state index contributed by atoms with van der Waals surface area (Å²) in [5.74, 6) is -0.236. The standard InChI is InChI=1S/C17H27N3O2/c1-11-8-13(17(3,4)5)9-12(2)14(11)6-7-19-15(21)10-20-16(18)22/h8-9H,6-7,10H2,1-5H3,(H,19,21)(H3,18,20,22). The number of carbonyl (C=O) groups is 2. The Hall–Kier alpha value is -2.04. The summed E-state index contributed by atoms with van der Waals surface area (Å²) in [6.45, 7) is 11.3. The minimum absolute atomic E-state index is 0.0870. The largest absolute Gasteiger partial charge is 0.354 e. The van der Waals surface area contributed by atoms with E-state index in [9.17, 15) is 9.59 Å². The summed E-state index contributed by atoms with van der Waals surface area (Å²) in [4.78, 5) is 22.0. The maximum atomic E-state index is 11.5. The lowest BCUT2D eigenvalue weighted by Gasteiger charge is -2.22. The lowest BCUT2D eigenvalue weighted by Crippen LogP contribution is -2.40. The van der Waals surface area contributed by atoms with Gasteiger partial charge in [0, 0.05) is 6.54 Å². The predicted octanol–water partition coefficient (Wildman–Crippen LogP) is 1.93. The third kappa shape index (κ3) is 5.39. The number of carbonyl (C=O) groups excluding carboxylic acids is 2. The molecule has 1 aromatic carbocycles. The van der Waals surface area contributed by atoms with E-state index in [4.69, 9.17) is 5.73 Å². The topological polar surface area (TPSA) is 84.2 Å². The summed E-state index contributed by atoms with van der Waals surface area (Å²) in [6, 6.07) is 3.75. The van der Waals surface area contributed by atoms with Crippen LogP contribution < -0.4 is 16.4 Å². The number of hydrogen-bond donors (Lipinski definition) is 3. The second kappa shape index (κ2) is 7.29. The lowest BCUT2D eigenvalue weighted by atomic mass is 9.83. The first kappa shape index (κ1) is 18.0. The van der Waals surface area contributed by atoms with E-state index in [1.807, 2.05) is 0 Å². The van der Waals surface area contributed by atoms with Crippen LogP contribution in [-0.4, -0.2) is 25.0 Å². The highest BCUT2D eigenvalue weighted by molar-refractivity contribution is 5.83. The molecule has 0 aliphatic heterocycles. The molecule has 0 heterocycles. The normalized spacial score (nSPS) is 11.1. The van der Waals surface area contributed by atoms with Crippen molar-refractivity contribution in [2.75, 3.05) is 13.1 Å². The first-order valence-corrected chi connectivity index (χ1v) is 7.52. The quantitative estimate of drug-likeness (QED) is 0.776. The van der Waals surface area contributed by atoms with Crippen molar-refractivity contribution in [3.63, 3.8) is 0 Å². The molecule has 3 amide bonds. The summed E-state index contributed by atoms with van der Waals surface area (Å²) in [5.41, 5.74) is 10.1. The highest BCUT2D eigenvalue weighted by Gasteiger charge is 2.16. The Balaban J connectivity index is 2.64. The molecule has 0 spiro atoms. The Morgan fingerprint density at radius 2 is 1.64 bits per heavy atom. The minimum Gasteiger partial charge on any atom is -0.354 e. The van der Waals surface area contributed by atoms with Gasteiger partial charge in [-0.05, 0) is 47.9 Å². The fourth-order valence-electron chi connectivity index (χ4n) is 2.38. The van der Waals surface area contributed by atoms with Crippen LogP contribution in [0.5, 0.6) is 0 Å². The van der Waals surface area contributed by atoms with E-state index in [0.717, 1.165) is 6.42 Å². The zero-order valence-corrected chi connectivity index (χ0v) is 14.2. The van der Waals surface area contributed by atoms with Gasteiger partial charge in [-0.2, -0.15) is 0 Å². The van der Waals surface area contributed by atoms with Crippen LogP contribution in [0.4, 0.5) is 4.79 Å². The highest BCUT2D eigenvalue weighted by atomic mass is 16.2. The number of hydrogen-bond acceptors (Lipinski definition) is 2. The van der Waals surface area contributed by atoms with Crippen LogP contribution in [0.3, 0.4) is 0 Å². The molecule has 0 bridgehead atoms. The van der Waals surface area contributed by atoms with Crippen molar-refractivity contribution in [3.05, 3.63) is 34.4 Å². The number of urea groups is 1. The van der Waals surface area contributed by atoms with Gasteiger partial charge >= 0.3 is 6.03 Å². The summed E-state index contributed by atoms with van der Waals surface area (Å²) in [6.07, 6.45) is 0.768. The van der Waals surface area contributed by atoms with Crippen molar-refractivity contribution in [2.45, 2.75) is 46.5 Å². The van der Waals surface area contributed by atoms with Crippen LogP contribution in [0.1, 0.15) is 43.0 Å². The SMILES string of the molecule is Cc1cc(C(C)(C)C)cc(C)c1CCNC(=O)CNC(N)=O. The maximum Gasteiger partial charge on any atom is 0.312 e. The van der Waals surface area contributed by atoms with Crippen LogP contribution >= 0.6 is 0 Å². The molecule has 22 heavy (non-hydrogen) atoms. The smallest absolute Gasteiger partial charge is 0.312 e. The van der Waals surface area contributed by atoms with Gasteiger partial charge in [0.15, 0.2) is 0 Å². The molecule has 0 atom stereocenters. The molecule has 5 heteroatoms. The summed E-state index contributed by atoms with van der Waals surface area (Å²) in [7, 11) is 0. The molecule has 122 valence electrons. The van der Waals surface area contributed by atoms with Gasteiger partial charge in [-0.15, -0.1) is 0 Å². The van der Waals surface area contributed by atoms with Gasteiger partial charge in [0.1, 0.15) is 0 Å². The Morgan fingerprint density at radius 1 is 1.09 bits per heavy atom. The third-order valence-electron chi connectivity index (χ3n) is 3.68. The van der Waals surface area contributed by atoms with Gasteiger partial charge in [0.25, 0.3) is 0 Å². The van der Waals surface area contributed by atoms with E-state index in [1.165, 1.54) is 22.3 Å².